The van der Waals surface area contributed by atoms with Crippen molar-refractivity contribution in [1.82, 2.24) is 0 Å². The quantitative estimate of drug-likeness (QED) is 0.794. The molecule has 0 bridgehead atoms. The van der Waals surface area contributed by atoms with Crippen LogP contribution >= 0.6 is 11.6 Å². The Kier molecular flexibility index (Phi) is 4.99. The summed E-state index contributed by atoms with van der Waals surface area (Å²) in [7, 11) is 0. The summed E-state index contributed by atoms with van der Waals surface area (Å²) in [5, 5.41) is 0.822. The summed E-state index contributed by atoms with van der Waals surface area (Å²) in [6.45, 7) is 2.13. The summed E-state index contributed by atoms with van der Waals surface area (Å²) in [6, 6.07) is 8.40. The van der Waals surface area contributed by atoms with Crippen molar-refractivity contribution in [3.63, 3.8) is 0 Å². The average Bonchev–Trinajstić information content (AvgIpc) is 2.17. The van der Waals surface area contributed by atoms with Crippen molar-refractivity contribution in [2.75, 3.05) is 0 Å². The molecule has 1 nitrogen and oxygen atoms in total. The molecule has 0 heterocycles. The van der Waals surface area contributed by atoms with Crippen molar-refractivity contribution in [3.05, 3.63) is 34.9 Å². The van der Waals surface area contributed by atoms with Crippen LogP contribution in [0.5, 0.6) is 0 Å². The third-order valence-corrected chi connectivity index (χ3v) is 2.69. The minimum Gasteiger partial charge on any atom is -0.328 e. The molecule has 0 aliphatic rings. The van der Waals surface area contributed by atoms with Crippen LogP contribution < -0.4 is 5.73 Å². The molecule has 0 radical (unpaired) electrons. The minimum atomic E-state index is 0.356. The lowest BCUT2D eigenvalue weighted by Gasteiger charge is -2.07. The first-order valence-electron chi connectivity index (χ1n) is 5.22. The topological polar surface area (TPSA) is 26.0 Å². The zero-order chi connectivity index (χ0) is 10.4. The van der Waals surface area contributed by atoms with Crippen LogP contribution in [0, 0.1) is 0 Å². The molecule has 0 saturated heterocycles. The molecule has 0 saturated carbocycles. The molecule has 1 atom stereocenters. The third kappa shape index (κ3) is 4.12. The number of halogens is 1. The Morgan fingerprint density at radius 2 is 2.21 bits per heavy atom. The summed E-state index contributed by atoms with van der Waals surface area (Å²) < 4.78 is 0. The molecule has 0 amide bonds. The van der Waals surface area contributed by atoms with Crippen LogP contribution in [0.4, 0.5) is 0 Å². The standard InChI is InChI=1S/C12H18ClN/c1-2-12(14)8-4-6-10-5-3-7-11(13)9-10/h3,5,7,9,12H,2,4,6,8,14H2,1H3. The van der Waals surface area contributed by atoms with Crippen LogP contribution in [0.15, 0.2) is 24.3 Å². The Balaban J connectivity index is 2.31. The van der Waals surface area contributed by atoms with Crippen molar-refractivity contribution in [3.8, 4) is 0 Å². The van der Waals surface area contributed by atoms with Crippen LogP contribution in [-0.2, 0) is 6.42 Å². The van der Waals surface area contributed by atoms with Gasteiger partial charge in [-0.2, -0.15) is 0 Å². The Labute approximate surface area is 91.3 Å². The van der Waals surface area contributed by atoms with Gasteiger partial charge < -0.3 is 5.73 Å². The van der Waals surface area contributed by atoms with E-state index in [0.717, 1.165) is 30.7 Å². The molecule has 1 rings (SSSR count). The van der Waals surface area contributed by atoms with Gasteiger partial charge in [-0.1, -0.05) is 30.7 Å². The smallest absolute Gasteiger partial charge is 0.0408 e. The highest BCUT2D eigenvalue weighted by Crippen LogP contribution is 2.13. The van der Waals surface area contributed by atoms with Gasteiger partial charge in [0.2, 0.25) is 0 Å². The SMILES string of the molecule is CCC(N)CCCc1cccc(Cl)c1. The first-order valence-corrected chi connectivity index (χ1v) is 5.60. The van der Waals surface area contributed by atoms with Crippen molar-refractivity contribution in [1.29, 1.82) is 0 Å². The fraction of sp³-hybridized carbons (Fsp3) is 0.500. The van der Waals surface area contributed by atoms with Crippen molar-refractivity contribution in [2.24, 2.45) is 5.73 Å². The Morgan fingerprint density at radius 3 is 2.86 bits per heavy atom. The summed E-state index contributed by atoms with van der Waals surface area (Å²) in [4.78, 5) is 0. The highest BCUT2D eigenvalue weighted by Gasteiger charge is 1.99. The van der Waals surface area contributed by atoms with Crippen LogP contribution in [0.25, 0.3) is 0 Å². The second-order valence-corrected chi connectivity index (χ2v) is 4.13. The van der Waals surface area contributed by atoms with Crippen molar-refractivity contribution >= 4 is 11.6 Å². The normalized spacial score (nSPS) is 12.8. The average molecular weight is 212 g/mol. The predicted octanol–water partition coefficient (Wildman–Crippen LogP) is 3.40. The summed E-state index contributed by atoms with van der Waals surface area (Å²) in [5.41, 5.74) is 7.15. The number of hydrogen-bond acceptors (Lipinski definition) is 1. The molecule has 1 unspecified atom stereocenters. The zero-order valence-electron chi connectivity index (χ0n) is 8.67. The molecule has 1 aromatic rings. The van der Waals surface area contributed by atoms with Crippen LogP contribution in [-0.4, -0.2) is 6.04 Å². The Bertz CT molecular complexity index is 273. The minimum absolute atomic E-state index is 0.356. The van der Waals surface area contributed by atoms with Gasteiger partial charge >= 0.3 is 0 Å². The number of hydrogen-bond donors (Lipinski definition) is 1. The van der Waals surface area contributed by atoms with E-state index in [1.807, 2.05) is 18.2 Å². The Morgan fingerprint density at radius 1 is 1.43 bits per heavy atom. The molecule has 0 aromatic heterocycles. The lowest BCUT2D eigenvalue weighted by atomic mass is 10.0. The van der Waals surface area contributed by atoms with Gasteiger partial charge in [-0.15, -0.1) is 0 Å². The highest BCUT2D eigenvalue weighted by molar-refractivity contribution is 6.30. The second-order valence-electron chi connectivity index (χ2n) is 3.69. The number of nitrogens with two attached hydrogens (primary N) is 1. The summed E-state index contributed by atoms with van der Waals surface area (Å²) >= 11 is 5.89. The molecular weight excluding hydrogens is 194 g/mol. The summed E-state index contributed by atoms with van der Waals surface area (Å²) in [6.07, 6.45) is 4.39. The molecule has 0 spiro atoms. The lowest BCUT2D eigenvalue weighted by molar-refractivity contribution is 0.568. The molecule has 0 aliphatic heterocycles. The van der Waals surface area contributed by atoms with Gasteiger partial charge in [-0.3, -0.25) is 0 Å². The van der Waals surface area contributed by atoms with Gasteiger partial charge in [0.25, 0.3) is 0 Å². The van der Waals surface area contributed by atoms with Gasteiger partial charge in [0.1, 0.15) is 0 Å². The van der Waals surface area contributed by atoms with E-state index >= 15 is 0 Å². The van der Waals surface area contributed by atoms with E-state index in [9.17, 15) is 0 Å². The fourth-order valence-corrected chi connectivity index (χ4v) is 1.68. The monoisotopic (exact) mass is 211 g/mol. The van der Waals surface area contributed by atoms with E-state index in [1.54, 1.807) is 0 Å². The number of rotatable bonds is 5. The molecule has 2 N–H and O–H groups in total. The highest BCUT2D eigenvalue weighted by atomic mass is 35.5. The van der Waals surface area contributed by atoms with E-state index in [2.05, 4.69) is 13.0 Å². The maximum atomic E-state index is 5.89. The van der Waals surface area contributed by atoms with Crippen molar-refractivity contribution < 1.29 is 0 Å². The maximum Gasteiger partial charge on any atom is 0.0408 e. The first-order chi connectivity index (χ1) is 6.72. The molecule has 2 heteroatoms. The van der Waals surface area contributed by atoms with Crippen LogP contribution in [0.1, 0.15) is 31.7 Å². The van der Waals surface area contributed by atoms with E-state index in [4.69, 9.17) is 17.3 Å². The number of benzene rings is 1. The Hall–Kier alpha value is -0.530. The molecule has 0 aliphatic carbocycles. The van der Waals surface area contributed by atoms with E-state index in [1.165, 1.54) is 5.56 Å². The molecular formula is C12H18ClN. The van der Waals surface area contributed by atoms with Crippen LogP contribution in [0.2, 0.25) is 5.02 Å². The predicted molar refractivity (Wildman–Crippen MR) is 62.7 cm³/mol. The van der Waals surface area contributed by atoms with Gasteiger partial charge in [0.15, 0.2) is 0 Å². The van der Waals surface area contributed by atoms with Gasteiger partial charge in [0, 0.05) is 11.1 Å². The van der Waals surface area contributed by atoms with E-state index in [0.29, 0.717) is 6.04 Å². The van der Waals surface area contributed by atoms with Crippen LogP contribution in [0.3, 0.4) is 0 Å². The summed E-state index contributed by atoms with van der Waals surface area (Å²) in [5.74, 6) is 0. The van der Waals surface area contributed by atoms with Gasteiger partial charge in [0.05, 0.1) is 0 Å². The fourth-order valence-electron chi connectivity index (χ4n) is 1.46. The number of aryl methyl sites for hydroxylation is 1. The lowest BCUT2D eigenvalue weighted by Crippen LogP contribution is -2.18. The molecule has 1 aromatic carbocycles. The first kappa shape index (κ1) is 11.5. The second kappa shape index (κ2) is 6.05. The molecule has 0 fully saturated rings. The van der Waals surface area contributed by atoms with Gasteiger partial charge in [-0.25, -0.2) is 0 Å². The van der Waals surface area contributed by atoms with E-state index < -0.39 is 0 Å². The van der Waals surface area contributed by atoms with Gasteiger partial charge in [-0.05, 0) is 43.4 Å². The third-order valence-electron chi connectivity index (χ3n) is 2.45. The van der Waals surface area contributed by atoms with Crippen molar-refractivity contribution in [2.45, 2.75) is 38.6 Å². The van der Waals surface area contributed by atoms with E-state index in [-0.39, 0.29) is 0 Å². The maximum absolute atomic E-state index is 5.89. The molecule has 14 heavy (non-hydrogen) atoms. The largest absolute Gasteiger partial charge is 0.328 e. The zero-order valence-corrected chi connectivity index (χ0v) is 9.43. The molecule has 78 valence electrons.